The van der Waals surface area contributed by atoms with Gasteiger partial charge in [-0.25, -0.2) is 0 Å². The lowest BCUT2D eigenvalue weighted by atomic mass is 10.1. The number of carboxylic acids is 1. The molecule has 2 N–H and O–H groups in total. The first-order valence-electron chi connectivity index (χ1n) is 9.76. The molecule has 1 saturated carbocycles. The van der Waals surface area contributed by atoms with Crippen LogP contribution in [-0.4, -0.2) is 47.1 Å². The van der Waals surface area contributed by atoms with Gasteiger partial charge in [0.25, 0.3) is 5.91 Å². The SMILES string of the molecule is Cc1c(C(=O)NC[C@@H]2CC[C@H](CC(=O)O)N2CC2CC2)oc2ccccc12. The van der Waals surface area contributed by atoms with E-state index in [9.17, 15) is 14.7 Å². The molecule has 0 radical (unpaired) electrons. The van der Waals surface area contributed by atoms with Gasteiger partial charge in [-0.1, -0.05) is 18.2 Å². The van der Waals surface area contributed by atoms with Crippen LogP contribution in [0.3, 0.4) is 0 Å². The minimum Gasteiger partial charge on any atom is -0.481 e. The van der Waals surface area contributed by atoms with Crippen molar-refractivity contribution in [2.24, 2.45) is 5.92 Å². The number of aliphatic carboxylic acids is 1. The van der Waals surface area contributed by atoms with Crippen LogP contribution in [-0.2, 0) is 4.79 Å². The van der Waals surface area contributed by atoms with Crippen molar-refractivity contribution < 1.29 is 19.1 Å². The molecule has 1 saturated heterocycles. The average molecular weight is 370 g/mol. The Labute approximate surface area is 158 Å². The highest BCUT2D eigenvalue weighted by Crippen LogP contribution is 2.35. The summed E-state index contributed by atoms with van der Waals surface area (Å²) in [5, 5.41) is 13.2. The van der Waals surface area contributed by atoms with Crippen LogP contribution in [0.2, 0.25) is 0 Å². The first-order chi connectivity index (χ1) is 13.0. The number of fused-ring (bicyclic) bond motifs is 1. The van der Waals surface area contributed by atoms with E-state index < -0.39 is 5.97 Å². The van der Waals surface area contributed by atoms with Gasteiger partial charge in [-0.05, 0) is 44.6 Å². The Morgan fingerprint density at radius 1 is 1.19 bits per heavy atom. The fourth-order valence-corrected chi connectivity index (χ4v) is 4.23. The molecule has 0 spiro atoms. The topological polar surface area (TPSA) is 82.8 Å². The Kier molecular flexibility index (Phi) is 4.91. The number of aryl methyl sites for hydroxylation is 1. The van der Waals surface area contributed by atoms with E-state index in [2.05, 4.69) is 10.2 Å². The van der Waals surface area contributed by atoms with Crippen LogP contribution in [0.4, 0.5) is 0 Å². The van der Waals surface area contributed by atoms with Crippen molar-refractivity contribution >= 4 is 22.8 Å². The minimum atomic E-state index is -0.747. The van der Waals surface area contributed by atoms with Gasteiger partial charge in [0.2, 0.25) is 0 Å². The van der Waals surface area contributed by atoms with Gasteiger partial charge in [-0.15, -0.1) is 0 Å². The molecule has 0 bridgehead atoms. The number of nitrogens with zero attached hydrogens (tertiary/aromatic N) is 1. The van der Waals surface area contributed by atoms with Crippen LogP contribution < -0.4 is 5.32 Å². The number of likely N-dealkylation sites (tertiary alicyclic amines) is 1. The van der Waals surface area contributed by atoms with Gasteiger partial charge in [-0.2, -0.15) is 0 Å². The number of amides is 1. The highest BCUT2D eigenvalue weighted by molar-refractivity contribution is 5.98. The first-order valence-corrected chi connectivity index (χ1v) is 9.76. The molecule has 1 aromatic heterocycles. The lowest BCUT2D eigenvalue weighted by molar-refractivity contribution is -0.138. The maximum Gasteiger partial charge on any atom is 0.304 e. The first kappa shape index (κ1) is 18.0. The van der Waals surface area contributed by atoms with Crippen molar-refractivity contribution in [3.63, 3.8) is 0 Å². The molecule has 1 aliphatic heterocycles. The zero-order chi connectivity index (χ0) is 19.0. The summed E-state index contributed by atoms with van der Waals surface area (Å²) in [4.78, 5) is 26.2. The molecule has 1 aliphatic carbocycles. The zero-order valence-electron chi connectivity index (χ0n) is 15.6. The second kappa shape index (κ2) is 7.35. The molecule has 6 heteroatoms. The van der Waals surface area contributed by atoms with E-state index in [-0.39, 0.29) is 24.4 Å². The van der Waals surface area contributed by atoms with E-state index in [1.807, 2.05) is 31.2 Å². The molecule has 27 heavy (non-hydrogen) atoms. The number of carbonyl (C=O) groups excluding carboxylic acids is 1. The number of hydrogen-bond acceptors (Lipinski definition) is 4. The number of carbonyl (C=O) groups is 2. The zero-order valence-corrected chi connectivity index (χ0v) is 15.6. The van der Waals surface area contributed by atoms with Gasteiger partial charge in [0, 0.05) is 36.1 Å². The number of nitrogens with one attached hydrogen (secondary N) is 1. The van der Waals surface area contributed by atoms with Crippen LogP contribution in [0.25, 0.3) is 11.0 Å². The van der Waals surface area contributed by atoms with Crippen LogP contribution in [0, 0.1) is 12.8 Å². The van der Waals surface area contributed by atoms with Crippen LogP contribution >= 0.6 is 0 Å². The fraction of sp³-hybridized carbons (Fsp3) is 0.524. The molecule has 2 atom stereocenters. The highest BCUT2D eigenvalue weighted by atomic mass is 16.4. The van der Waals surface area contributed by atoms with Gasteiger partial charge in [0.1, 0.15) is 5.58 Å². The Morgan fingerprint density at radius 2 is 1.93 bits per heavy atom. The number of furan rings is 1. The predicted molar refractivity (Wildman–Crippen MR) is 102 cm³/mol. The third kappa shape index (κ3) is 3.86. The smallest absolute Gasteiger partial charge is 0.304 e. The molecule has 6 nitrogen and oxygen atoms in total. The largest absolute Gasteiger partial charge is 0.481 e. The molecular formula is C21H26N2O4. The van der Waals surface area contributed by atoms with Crippen molar-refractivity contribution in [1.29, 1.82) is 0 Å². The molecule has 2 fully saturated rings. The number of hydrogen-bond donors (Lipinski definition) is 2. The fourth-order valence-electron chi connectivity index (χ4n) is 4.23. The van der Waals surface area contributed by atoms with Gasteiger partial charge in [-0.3, -0.25) is 14.5 Å². The van der Waals surface area contributed by atoms with Crippen molar-refractivity contribution in [1.82, 2.24) is 10.2 Å². The molecule has 2 aromatic rings. The molecule has 2 heterocycles. The van der Waals surface area contributed by atoms with Gasteiger partial charge in [0.05, 0.1) is 6.42 Å². The maximum absolute atomic E-state index is 12.7. The van der Waals surface area contributed by atoms with Crippen molar-refractivity contribution in [2.75, 3.05) is 13.1 Å². The Morgan fingerprint density at radius 3 is 2.63 bits per heavy atom. The Hall–Kier alpha value is -2.34. The number of carboxylic acid groups (broad SMARTS) is 1. The Bertz CT molecular complexity index is 855. The normalized spacial score (nSPS) is 23.0. The standard InChI is InChI=1S/C21H26N2O4/c1-13-17-4-2-3-5-18(17)27-20(13)21(26)22-11-16-9-8-15(10-19(24)25)23(16)12-14-6-7-14/h2-5,14-16H,6-12H2,1H3,(H,22,26)(H,24,25)/t15-,16+/m1/s1. The lowest BCUT2D eigenvalue weighted by Crippen LogP contribution is -2.44. The molecule has 0 unspecified atom stereocenters. The molecule has 1 aromatic carbocycles. The molecular weight excluding hydrogens is 344 g/mol. The molecule has 1 amide bonds. The van der Waals surface area contributed by atoms with Gasteiger partial charge >= 0.3 is 5.97 Å². The number of para-hydroxylation sites is 1. The monoisotopic (exact) mass is 370 g/mol. The van der Waals surface area contributed by atoms with Crippen molar-refractivity contribution in [3.05, 3.63) is 35.6 Å². The Balaban J connectivity index is 1.42. The van der Waals surface area contributed by atoms with E-state index in [0.29, 0.717) is 18.2 Å². The molecule has 2 aliphatic rings. The lowest BCUT2D eigenvalue weighted by Gasteiger charge is -2.29. The second-order valence-electron chi connectivity index (χ2n) is 7.89. The third-order valence-corrected chi connectivity index (χ3v) is 5.90. The number of rotatable bonds is 7. The third-order valence-electron chi connectivity index (χ3n) is 5.90. The summed E-state index contributed by atoms with van der Waals surface area (Å²) in [6.07, 6.45) is 4.44. The summed E-state index contributed by atoms with van der Waals surface area (Å²) in [7, 11) is 0. The molecule has 4 rings (SSSR count). The van der Waals surface area contributed by atoms with Crippen LogP contribution in [0.1, 0.15) is 48.2 Å². The van der Waals surface area contributed by atoms with Crippen LogP contribution in [0.15, 0.2) is 28.7 Å². The van der Waals surface area contributed by atoms with Crippen molar-refractivity contribution in [2.45, 2.75) is 51.1 Å². The van der Waals surface area contributed by atoms with E-state index in [4.69, 9.17) is 4.42 Å². The maximum atomic E-state index is 12.7. The van der Waals surface area contributed by atoms with E-state index in [1.54, 1.807) is 0 Å². The summed E-state index contributed by atoms with van der Waals surface area (Å²) in [5.41, 5.74) is 1.58. The molecule has 144 valence electrons. The van der Waals surface area contributed by atoms with E-state index in [0.717, 1.165) is 35.9 Å². The van der Waals surface area contributed by atoms with Gasteiger partial charge in [0.15, 0.2) is 5.76 Å². The predicted octanol–water partition coefficient (Wildman–Crippen LogP) is 3.19. The summed E-state index contributed by atoms with van der Waals surface area (Å²) in [6, 6.07) is 7.93. The van der Waals surface area contributed by atoms with Gasteiger partial charge < -0.3 is 14.8 Å². The summed E-state index contributed by atoms with van der Waals surface area (Å²) in [6.45, 7) is 3.37. The van der Waals surface area contributed by atoms with E-state index in [1.165, 1.54) is 12.8 Å². The number of benzene rings is 1. The minimum absolute atomic E-state index is 0.0814. The summed E-state index contributed by atoms with van der Waals surface area (Å²) in [5.74, 6) is 0.111. The quantitative estimate of drug-likeness (QED) is 0.782. The van der Waals surface area contributed by atoms with Crippen molar-refractivity contribution in [3.8, 4) is 0 Å². The van der Waals surface area contributed by atoms with E-state index >= 15 is 0 Å². The van der Waals surface area contributed by atoms with Crippen LogP contribution in [0.5, 0.6) is 0 Å². The highest BCUT2D eigenvalue weighted by Gasteiger charge is 2.38. The summed E-state index contributed by atoms with van der Waals surface area (Å²) >= 11 is 0. The summed E-state index contributed by atoms with van der Waals surface area (Å²) < 4.78 is 5.75. The second-order valence-corrected chi connectivity index (χ2v) is 7.89. The average Bonchev–Trinajstić information content (AvgIpc) is 3.31.